The molecular formula is C16H22N6O3. The second kappa shape index (κ2) is 5.85. The normalized spacial score (nSPS) is 16.3. The number of aryl methyl sites for hydroxylation is 3. The van der Waals surface area contributed by atoms with E-state index < -0.39 is 0 Å². The SMILES string of the molecule is Cc1cn2c3c(=O)n(CCN4CCOCC4)c(=O)n(C)c3nc2n1C. The predicted molar refractivity (Wildman–Crippen MR) is 93.2 cm³/mol. The van der Waals surface area contributed by atoms with Crippen LogP contribution in [-0.4, -0.2) is 60.8 Å². The summed E-state index contributed by atoms with van der Waals surface area (Å²) in [6, 6.07) is 0. The van der Waals surface area contributed by atoms with E-state index in [1.807, 2.05) is 24.7 Å². The van der Waals surface area contributed by atoms with E-state index >= 15 is 0 Å². The molecule has 1 fully saturated rings. The van der Waals surface area contributed by atoms with Gasteiger partial charge in [0.25, 0.3) is 5.56 Å². The van der Waals surface area contributed by atoms with E-state index in [1.54, 1.807) is 11.4 Å². The summed E-state index contributed by atoms with van der Waals surface area (Å²) in [6.45, 7) is 6.01. The van der Waals surface area contributed by atoms with Crippen molar-refractivity contribution in [3.8, 4) is 0 Å². The zero-order chi connectivity index (χ0) is 17.7. The molecule has 9 heteroatoms. The van der Waals surface area contributed by atoms with Gasteiger partial charge in [-0.25, -0.2) is 4.79 Å². The largest absolute Gasteiger partial charge is 0.379 e. The van der Waals surface area contributed by atoms with Crippen LogP contribution in [0, 0.1) is 6.92 Å². The lowest BCUT2D eigenvalue weighted by Crippen LogP contribution is -2.44. The second-order valence-corrected chi connectivity index (χ2v) is 6.54. The Morgan fingerprint density at radius 3 is 2.56 bits per heavy atom. The standard InChI is InChI=1S/C16H22N6O3/c1-11-10-22-12-13(17-15(22)18(11)2)19(3)16(24)21(14(12)23)5-4-20-6-8-25-9-7-20/h10H,4-9H2,1-3H3. The highest BCUT2D eigenvalue weighted by atomic mass is 16.5. The van der Waals surface area contributed by atoms with Gasteiger partial charge in [0, 0.05) is 52.2 Å². The fourth-order valence-corrected chi connectivity index (χ4v) is 3.38. The Morgan fingerprint density at radius 2 is 1.84 bits per heavy atom. The molecule has 4 rings (SSSR count). The Hall–Kier alpha value is -2.39. The molecule has 4 heterocycles. The summed E-state index contributed by atoms with van der Waals surface area (Å²) >= 11 is 0. The minimum atomic E-state index is -0.328. The van der Waals surface area contributed by atoms with E-state index in [4.69, 9.17) is 4.74 Å². The average molecular weight is 346 g/mol. The van der Waals surface area contributed by atoms with E-state index in [0.29, 0.717) is 43.2 Å². The first-order valence-electron chi connectivity index (χ1n) is 8.43. The lowest BCUT2D eigenvalue weighted by atomic mass is 10.4. The van der Waals surface area contributed by atoms with Crippen molar-refractivity contribution in [2.45, 2.75) is 13.5 Å². The average Bonchev–Trinajstić information content (AvgIpc) is 3.11. The number of rotatable bonds is 3. The molecule has 0 unspecified atom stereocenters. The van der Waals surface area contributed by atoms with Crippen molar-refractivity contribution in [3.63, 3.8) is 0 Å². The van der Waals surface area contributed by atoms with Gasteiger partial charge in [0.05, 0.1) is 13.2 Å². The molecule has 1 aliphatic rings. The fraction of sp³-hybridized carbons (Fsp3) is 0.562. The minimum Gasteiger partial charge on any atom is -0.379 e. The van der Waals surface area contributed by atoms with Crippen LogP contribution in [0.4, 0.5) is 0 Å². The number of ether oxygens (including phenoxy) is 1. The maximum atomic E-state index is 13.0. The maximum absolute atomic E-state index is 13.0. The van der Waals surface area contributed by atoms with Crippen molar-refractivity contribution in [2.24, 2.45) is 14.1 Å². The van der Waals surface area contributed by atoms with Crippen molar-refractivity contribution in [3.05, 3.63) is 32.7 Å². The highest BCUT2D eigenvalue weighted by Gasteiger charge is 2.20. The third kappa shape index (κ3) is 2.42. The zero-order valence-corrected chi connectivity index (χ0v) is 14.7. The number of fused-ring (bicyclic) bond motifs is 3. The topological polar surface area (TPSA) is 78.7 Å². The molecule has 0 bridgehead atoms. The van der Waals surface area contributed by atoms with Gasteiger partial charge < -0.3 is 9.30 Å². The van der Waals surface area contributed by atoms with Crippen molar-refractivity contribution < 1.29 is 4.74 Å². The molecule has 0 saturated carbocycles. The second-order valence-electron chi connectivity index (χ2n) is 6.54. The molecule has 0 atom stereocenters. The van der Waals surface area contributed by atoms with Gasteiger partial charge in [-0.3, -0.25) is 23.2 Å². The third-order valence-corrected chi connectivity index (χ3v) is 5.05. The summed E-state index contributed by atoms with van der Waals surface area (Å²) in [5, 5.41) is 0. The van der Waals surface area contributed by atoms with Crippen molar-refractivity contribution >= 4 is 16.9 Å². The molecule has 0 aliphatic carbocycles. The molecule has 0 aromatic carbocycles. The number of morpholine rings is 1. The van der Waals surface area contributed by atoms with Gasteiger partial charge >= 0.3 is 5.69 Å². The van der Waals surface area contributed by atoms with Gasteiger partial charge in [-0.1, -0.05) is 0 Å². The van der Waals surface area contributed by atoms with Crippen molar-refractivity contribution in [2.75, 3.05) is 32.8 Å². The molecule has 134 valence electrons. The quantitative estimate of drug-likeness (QED) is 0.628. The van der Waals surface area contributed by atoms with E-state index in [9.17, 15) is 9.59 Å². The summed E-state index contributed by atoms with van der Waals surface area (Å²) in [5.41, 5.74) is 1.25. The van der Waals surface area contributed by atoms with Crippen molar-refractivity contribution in [1.29, 1.82) is 0 Å². The van der Waals surface area contributed by atoms with Crippen molar-refractivity contribution in [1.82, 2.24) is 28.0 Å². The Morgan fingerprint density at radius 1 is 1.12 bits per heavy atom. The van der Waals surface area contributed by atoms with Crippen LogP contribution in [0.3, 0.4) is 0 Å². The van der Waals surface area contributed by atoms with Crippen LogP contribution in [0.5, 0.6) is 0 Å². The summed E-state index contributed by atoms with van der Waals surface area (Å²) in [7, 11) is 3.56. The van der Waals surface area contributed by atoms with Gasteiger partial charge in [-0.05, 0) is 6.92 Å². The van der Waals surface area contributed by atoms with E-state index in [0.717, 1.165) is 18.8 Å². The van der Waals surface area contributed by atoms with Crippen LogP contribution in [0.15, 0.2) is 15.8 Å². The fourth-order valence-electron chi connectivity index (χ4n) is 3.38. The van der Waals surface area contributed by atoms with Gasteiger partial charge in [-0.2, -0.15) is 4.98 Å². The Labute approximate surface area is 143 Å². The number of hydrogen-bond acceptors (Lipinski definition) is 5. The summed E-state index contributed by atoms with van der Waals surface area (Å²) in [4.78, 5) is 32.4. The molecular weight excluding hydrogens is 324 g/mol. The molecule has 3 aromatic rings. The highest BCUT2D eigenvalue weighted by molar-refractivity contribution is 5.75. The van der Waals surface area contributed by atoms with Crippen LogP contribution < -0.4 is 11.2 Å². The predicted octanol–water partition coefficient (Wildman–Crippen LogP) is -0.673. The van der Waals surface area contributed by atoms with E-state index in [1.165, 1.54) is 9.13 Å². The molecule has 9 nitrogen and oxygen atoms in total. The maximum Gasteiger partial charge on any atom is 0.332 e. The van der Waals surface area contributed by atoms with Crippen LogP contribution in [0.1, 0.15) is 5.69 Å². The molecule has 3 aromatic heterocycles. The van der Waals surface area contributed by atoms with Crippen LogP contribution in [-0.2, 0) is 25.4 Å². The van der Waals surface area contributed by atoms with Gasteiger partial charge in [-0.15, -0.1) is 0 Å². The first kappa shape index (κ1) is 16.1. The summed E-state index contributed by atoms with van der Waals surface area (Å²) in [6.07, 6.45) is 1.88. The number of hydrogen-bond donors (Lipinski definition) is 0. The third-order valence-electron chi connectivity index (χ3n) is 5.05. The summed E-state index contributed by atoms with van der Waals surface area (Å²) in [5.74, 6) is 0.658. The highest BCUT2D eigenvalue weighted by Crippen LogP contribution is 2.14. The molecule has 1 aliphatic heterocycles. The minimum absolute atomic E-state index is 0.288. The van der Waals surface area contributed by atoms with Crippen LogP contribution >= 0.6 is 0 Å². The number of aromatic nitrogens is 5. The summed E-state index contributed by atoms with van der Waals surface area (Å²) < 4.78 is 11.8. The number of imidazole rings is 2. The van der Waals surface area contributed by atoms with E-state index in [-0.39, 0.29) is 11.2 Å². The molecule has 0 spiro atoms. The van der Waals surface area contributed by atoms with Crippen LogP contribution in [0.2, 0.25) is 0 Å². The van der Waals surface area contributed by atoms with Gasteiger partial charge in [0.1, 0.15) is 0 Å². The Bertz CT molecular complexity index is 1060. The van der Waals surface area contributed by atoms with E-state index in [2.05, 4.69) is 9.88 Å². The van der Waals surface area contributed by atoms with Crippen LogP contribution in [0.25, 0.3) is 16.9 Å². The molecule has 0 amide bonds. The smallest absolute Gasteiger partial charge is 0.332 e. The molecule has 0 radical (unpaired) electrons. The monoisotopic (exact) mass is 346 g/mol. The Balaban J connectivity index is 1.83. The van der Waals surface area contributed by atoms with Gasteiger partial charge in [0.2, 0.25) is 5.78 Å². The lowest BCUT2D eigenvalue weighted by Gasteiger charge is -2.26. The molecule has 25 heavy (non-hydrogen) atoms. The zero-order valence-electron chi connectivity index (χ0n) is 14.7. The first-order chi connectivity index (χ1) is 12.0. The molecule has 1 saturated heterocycles. The lowest BCUT2D eigenvalue weighted by molar-refractivity contribution is 0.0361. The number of nitrogens with zero attached hydrogens (tertiary/aromatic N) is 6. The van der Waals surface area contributed by atoms with Gasteiger partial charge in [0.15, 0.2) is 11.2 Å². The first-order valence-corrected chi connectivity index (χ1v) is 8.43. The molecule has 0 N–H and O–H groups in total. The Kier molecular flexibility index (Phi) is 3.77.